The van der Waals surface area contributed by atoms with Gasteiger partial charge < -0.3 is 19.7 Å². The zero-order valence-corrected chi connectivity index (χ0v) is 24.4. The Bertz CT molecular complexity index is 1300. The number of carbonyl (C=O) groups excluding carboxylic acids is 2. The molecule has 3 rings (SSSR count). The van der Waals surface area contributed by atoms with Gasteiger partial charge in [0.1, 0.15) is 12.6 Å². The lowest BCUT2D eigenvalue weighted by Gasteiger charge is -2.34. The summed E-state index contributed by atoms with van der Waals surface area (Å²) in [4.78, 5) is 28.5. The third-order valence-corrected chi connectivity index (χ3v) is 8.32. The van der Waals surface area contributed by atoms with Gasteiger partial charge in [-0.15, -0.1) is 0 Å². The molecular formula is C26H33Cl2N3O6S. The topological polar surface area (TPSA) is 105 Å². The molecule has 12 heteroatoms. The molecule has 0 aromatic heterocycles. The van der Waals surface area contributed by atoms with Crippen LogP contribution in [0.1, 0.15) is 46.6 Å². The number of benzene rings is 2. The Morgan fingerprint density at radius 3 is 2.32 bits per heavy atom. The first-order valence-corrected chi connectivity index (χ1v) is 14.6. The molecule has 2 aromatic carbocycles. The van der Waals surface area contributed by atoms with E-state index in [9.17, 15) is 18.0 Å². The highest BCUT2D eigenvalue weighted by atomic mass is 35.5. The summed E-state index contributed by atoms with van der Waals surface area (Å²) in [5, 5.41) is 3.58. The Morgan fingerprint density at radius 1 is 1.03 bits per heavy atom. The largest absolute Gasteiger partial charge is 0.454 e. The van der Waals surface area contributed by atoms with Gasteiger partial charge in [0.25, 0.3) is 0 Å². The number of rotatable bonds is 10. The monoisotopic (exact) mass is 585 g/mol. The highest BCUT2D eigenvalue weighted by Gasteiger charge is 2.34. The van der Waals surface area contributed by atoms with Gasteiger partial charge in [-0.05, 0) is 63.9 Å². The van der Waals surface area contributed by atoms with Crippen molar-refractivity contribution in [3.05, 3.63) is 52.0 Å². The van der Waals surface area contributed by atoms with Gasteiger partial charge in [0.05, 0.1) is 21.5 Å². The predicted octanol–water partition coefficient (Wildman–Crippen LogP) is 4.60. The van der Waals surface area contributed by atoms with E-state index in [1.165, 1.54) is 17.9 Å². The zero-order valence-electron chi connectivity index (χ0n) is 22.1. The van der Waals surface area contributed by atoms with E-state index >= 15 is 0 Å². The molecule has 1 aliphatic rings. The molecule has 2 aromatic rings. The van der Waals surface area contributed by atoms with Crippen LogP contribution < -0.4 is 19.1 Å². The molecule has 9 nitrogen and oxygen atoms in total. The molecule has 2 amide bonds. The Hall–Kier alpha value is -2.69. The standard InChI is InChI=1S/C26H33Cl2N3O6S/c1-6-21(25(33)29-26(3,4)5)30(14-17-8-10-19(27)20(28)12-17)24(32)15-31(38(34,35)7-2)18-9-11-22-23(13-18)37-16-36-22/h8-13,21H,6-7,14-16H2,1-5H3,(H,29,33)/t21-/m0/s1. The van der Waals surface area contributed by atoms with Crippen LogP contribution in [0, 0.1) is 0 Å². The van der Waals surface area contributed by atoms with Crippen LogP contribution in [0.2, 0.25) is 10.0 Å². The van der Waals surface area contributed by atoms with Crippen LogP contribution >= 0.6 is 23.2 Å². The second-order valence-corrected chi connectivity index (χ2v) is 12.9. The summed E-state index contributed by atoms with van der Waals surface area (Å²) in [6.07, 6.45) is 0.305. The lowest BCUT2D eigenvalue weighted by atomic mass is 10.1. The van der Waals surface area contributed by atoms with Gasteiger partial charge in [-0.25, -0.2) is 8.42 Å². The number of nitrogens with one attached hydrogen (secondary N) is 1. The van der Waals surface area contributed by atoms with Crippen LogP contribution in [0.5, 0.6) is 11.5 Å². The van der Waals surface area contributed by atoms with E-state index in [0.29, 0.717) is 33.5 Å². The van der Waals surface area contributed by atoms with Crippen molar-refractivity contribution in [1.29, 1.82) is 0 Å². The van der Waals surface area contributed by atoms with Crippen LogP contribution in [-0.4, -0.2) is 55.8 Å². The van der Waals surface area contributed by atoms with Crippen molar-refractivity contribution in [2.75, 3.05) is 23.4 Å². The fraction of sp³-hybridized carbons (Fsp3) is 0.462. The first kappa shape index (κ1) is 29.9. The molecule has 0 saturated carbocycles. The number of anilines is 1. The normalized spacial score (nSPS) is 13.7. The summed E-state index contributed by atoms with van der Waals surface area (Å²) >= 11 is 12.3. The summed E-state index contributed by atoms with van der Waals surface area (Å²) in [5.41, 5.74) is 0.362. The predicted molar refractivity (Wildman–Crippen MR) is 148 cm³/mol. The highest BCUT2D eigenvalue weighted by Crippen LogP contribution is 2.36. The second kappa shape index (κ2) is 12.0. The van der Waals surface area contributed by atoms with Crippen LogP contribution in [0.15, 0.2) is 36.4 Å². The quantitative estimate of drug-likeness (QED) is 0.437. The number of ether oxygens (including phenoxy) is 2. The second-order valence-electron chi connectivity index (χ2n) is 9.88. The number of nitrogens with zero attached hydrogens (tertiary/aromatic N) is 2. The first-order chi connectivity index (χ1) is 17.8. The fourth-order valence-corrected chi connectivity index (χ4v) is 5.34. The lowest BCUT2D eigenvalue weighted by Crippen LogP contribution is -2.55. The van der Waals surface area contributed by atoms with Crippen molar-refractivity contribution >= 4 is 50.7 Å². The van der Waals surface area contributed by atoms with Gasteiger partial charge in [0.15, 0.2) is 11.5 Å². The molecule has 0 fully saturated rings. The Balaban J connectivity index is 2.00. The molecule has 0 saturated heterocycles. The lowest BCUT2D eigenvalue weighted by molar-refractivity contribution is -0.141. The van der Waals surface area contributed by atoms with Gasteiger partial charge >= 0.3 is 0 Å². The molecule has 0 radical (unpaired) electrons. The molecule has 0 aliphatic carbocycles. The van der Waals surface area contributed by atoms with E-state index in [0.717, 1.165) is 4.31 Å². The Morgan fingerprint density at radius 2 is 1.71 bits per heavy atom. The van der Waals surface area contributed by atoms with Crippen LogP contribution in [0.25, 0.3) is 0 Å². The van der Waals surface area contributed by atoms with Crippen molar-refractivity contribution in [3.8, 4) is 11.5 Å². The maximum Gasteiger partial charge on any atom is 0.244 e. The van der Waals surface area contributed by atoms with Gasteiger partial charge in [0.2, 0.25) is 28.6 Å². The number of hydrogen-bond donors (Lipinski definition) is 1. The van der Waals surface area contributed by atoms with Crippen LogP contribution in [0.4, 0.5) is 5.69 Å². The third kappa shape index (κ3) is 7.24. The fourth-order valence-electron chi connectivity index (χ4n) is 3.97. The summed E-state index contributed by atoms with van der Waals surface area (Å²) in [7, 11) is -3.88. The minimum absolute atomic E-state index is 0.0208. The van der Waals surface area contributed by atoms with Crippen molar-refractivity contribution in [3.63, 3.8) is 0 Å². The zero-order chi connectivity index (χ0) is 28.3. The molecule has 1 atom stereocenters. The third-order valence-electron chi connectivity index (χ3n) is 5.84. The summed E-state index contributed by atoms with van der Waals surface area (Å²) in [6, 6.07) is 8.76. The van der Waals surface area contributed by atoms with Gasteiger partial charge in [-0.2, -0.15) is 0 Å². The van der Waals surface area contributed by atoms with E-state index in [1.807, 2.05) is 20.8 Å². The molecule has 208 valence electrons. The summed E-state index contributed by atoms with van der Waals surface area (Å²) in [5.74, 6) is -0.263. The number of halogens is 2. The number of fused-ring (bicyclic) bond motifs is 1. The van der Waals surface area contributed by atoms with E-state index in [2.05, 4.69) is 5.32 Å². The Labute approximate surface area is 234 Å². The molecule has 1 N–H and O–H groups in total. The maximum atomic E-state index is 13.9. The SMILES string of the molecule is CC[C@@H](C(=O)NC(C)(C)C)N(Cc1ccc(Cl)c(Cl)c1)C(=O)CN(c1ccc2c(c1)OCO2)S(=O)(=O)CC. The van der Waals surface area contributed by atoms with E-state index in [1.54, 1.807) is 37.3 Å². The molecule has 38 heavy (non-hydrogen) atoms. The number of amides is 2. The smallest absolute Gasteiger partial charge is 0.244 e. The van der Waals surface area contributed by atoms with Crippen molar-refractivity contribution < 1.29 is 27.5 Å². The van der Waals surface area contributed by atoms with Crippen LogP contribution in [0.3, 0.4) is 0 Å². The molecule has 1 aliphatic heterocycles. The van der Waals surface area contributed by atoms with Gasteiger partial charge in [-0.3, -0.25) is 13.9 Å². The molecule has 0 unspecified atom stereocenters. The van der Waals surface area contributed by atoms with Gasteiger partial charge in [-0.1, -0.05) is 36.2 Å². The summed E-state index contributed by atoms with van der Waals surface area (Å²) in [6.45, 7) is 8.35. The van der Waals surface area contributed by atoms with E-state index in [-0.39, 0.29) is 30.7 Å². The first-order valence-electron chi connectivity index (χ1n) is 12.2. The average Bonchev–Trinajstić information content (AvgIpc) is 3.31. The van der Waals surface area contributed by atoms with E-state index < -0.39 is 34.1 Å². The minimum atomic E-state index is -3.88. The number of sulfonamides is 1. The van der Waals surface area contributed by atoms with Crippen molar-refractivity contribution in [1.82, 2.24) is 10.2 Å². The highest BCUT2D eigenvalue weighted by molar-refractivity contribution is 7.92. The maximum absolute atomic E-state index is 13.9. The van der Waals surface area contributed by atoms with Crippen molar-refractivity contribution in [2.24, 2.45) is 0 Å². The average molecular weight is 587 g/mol. The Kier molecular flexibility index (Phi) is 9.43. The minimum Gasteiger partial charge on any atom is -0.454 e. The number of carbonyl (C=O) groups is 2. The van der Waals surface area contributed by atoms with Gasteiger partial charge in [0, 0.05) is 18.2 Å². The number of hydrogen-bond acceptors (Lipinski definition) is 6. The molecular weight excluding hydrogens is 553 g/mol. The molecule has 0 spiro atoms. The van der Waals surface area contributed by atoms with Crippen LogP contribution in [-0.2, 0) is 26.2 Å². The summed E-state index contributed by atoms with van der Waals surface area (Å²) < 4.78 is 38.0. The molecule has 0 bridgehead atoms. The molecule has 1 heterocycles. The van der Waals surface area contributed by atoms with E-state index in [4.69, 9.17) is 32.7 Å². The van der Waals surface area contributed by atoms with Crippen molar-refractivity contribution in [2.45, 2.75) is 59.2 Å².